The number of morpholine rings is 1. The Labute approximate surface area is 200 Å². The topological polar surface area (TPSA) is 101 Å². The first-order valence-electron chi connectivity index (χ1n) is 11.7. The summed E-state index contributed by atoms with van der Waals surface area (Å²) in [6, 6.07) is 3.56. The molecule has 9 heteroatoms. The highest BCUT2D eigenvalue weighted by atomic mass is 32.1. The molecule has 3 rings (SSSR count). The molecule has 0 atom stereocenters. The Bertz CT molecular complexity index is 880. The number of Topliss-reactive ketones (excluding diaryl/α,β-unsaturated/α-hetero) is 1. The molecule has 8 nitrogen and oxygen atoms in total. The average Bonchev–Trinajstić information content (AvgIpc) is 3.24. The minimum atomic E-state index is -0.0627. The fourth-order valence-electron chi connectivity index (χ4n) is 3.70. The molecule has 3 heterocycles. The van der Waals surface area contributed by atoms with Gasteiger partial charge in [0.2, 0.25) is 0 Å². The number of nitrogens with zero attached hydrogens (tertiary/aromatic N) is 3. The van der Waals surface area contributed by atoms with Crippen LogP contribution in [0.4, 0.5) is 10.5 Å². The normalized spacial score (nSPS) is 14.2. The van der Waals surface area contributed by atoms with Crippen molar-refractivity contribution in [3.8, 4) is 0 Å². The molecule has 3 N–H and O–H groups in total. The SMILES string of the molecule is CCCNC(=O)N(CCCCN1CCOCC1)Cc1ccc(C(=O)Cc2cscc2N)nc1. The van der Waals surface area contributed by atoms with E-state index < -0.39 is 0 Å². The van der Waals surface area contributed by atoms with Crippen LogP contribution < -0.4 is 11.1 Å². The number of pyridine rings is 1. The van der Waals surface area contributed by atoms with Crippen molar-refractivity contribution in [1.29, 1.82) is 0 Å². The molecule has 0 spiro atoms. The number of ketones is 1. The molecule has 1 fully saturated rings. The van der Waals surface area contributed by atoms with Crippen molar-refractivity contribution in [2.24, 2.45) is 0 Å². The number of aromatic nitrogens is 1. The Morgan fingerprint density at radius 3 is 2.73 bits per heavy atom. The fraction of sp³-hybridized carbons (Fsp3) is 0.542. The van der Waals surface area contributed by atoms with Gasteiger partial charge in [0.05, 0.1) is 13.2 Å². The van der Waals surface area contributed by atoms with Gasteiger partial charge in [-0.25, -0.2) is 4.79 Å². The van der Waals surface area contributed by atoms with Crippen LogP contribution in [0.2, 0.25) is 0 Å². The second-order valence-electron chi connectivity index (χ2n) is 8.32. The Morgan fingerprint density at radius 1 is 1.24 bits per heavy atom. The molecule has 1 aliphatic heterocycles. The molecule has 2 amide bonds. The van der Waals surface area contributed by atoms with Crippen LogP contribution in [0.3, 0.4) is 0 Å². The quantitative estimate of drug-likeness (QED) is 0.363. The van der Waals surface area contributed by atoms with Gasteiger partial charge in [-0.05, 0) is 48.4 Å². The van der Waals surface area contributed by atoms with E-state index in [9.17, 15) is 9.59 Å². The molecule has 0 aromatic carbocycles. The molecule has 0 aliphatic carbocycles. The molecule has 1 saturated heterocycles. The summed E-state index contributed by atoms with van der Waals surface area (Å²) >= 11 is 1.49. The number of nitrogens with two attached hydrogens (primary N) is 1. The summed E-state index contributed by atoms with van der Waals surface area (Å²) < 4.78 is 5.40. The Morgan fingerprint density at radius 2 is 2.06 bits per heavy atom. The molecule has 0 radical (unpaired) electrons. The monoisotopic (exact) mass is 473 g/mol. The van der Waals surface area contributed by atoms with Crippen LogP contribution in [0.1, 0.15) is 47.8 Å². The largest absolute Gasteiger partial charge is 0.398 e. The highest BCUT2D eigenvalue weighted by Crippen LogP contribution is 2.19. The molecule has 0 saturated carbocycles. The van der Waals surface area contributed by atoms with Gasteiger partial charge in [-0.2, -0.15) is 0 Å². The maximum absolute atomic E-state index is 12.7. The third-order valence-electron chi connectivity index (χ3n) is 5.68. The maximum atomic E-state index is 12.7. The third kappa shape index (κ3) is 8.10. The molecular weight excluding hydrogens is 438 g/mol. The first-order valence-corrected chi connectivity index (χ1v) is 12.6. The lowest BCUT2D eigenvalue weighted by Crippen LogP contribution is -2.41. The first kappa shape index (κ1) is 25.1. The van der Waals surface area contributed by atoms with Gasteiger partial charge in [-0.15, -0.1) is 11.3 Å². The van der Waals surface area contributed by atoms with Gasteiger partial charge in [0.1, 0.15) is 5.69 Å². The lowest BCUT2D eigenvalue weighted by molar-refractivity contribution is 0.0369. The molecule has 2 aromatic rings. The van der Waals surface area contributed by atoms with Crippen LogP contribution in [0, 0.1) is 0 Å². The highest BCUT2D eigenvalue weighted by molar-refractivity contribution is 7.08. The molecule has 33 heavy (non-hydrogen) atoms. The molecule has 0 bridgehead atoms. The molecule has 0 unspecified atom stereocenters. The number of ether oxygens (including phenoxy) is 1. The first-order chi connectivity index (χ1) is 16.1. The number of hydrogen-bond acceptors (Lipinski definition) is 7. The van der Waals surface area contributed by atoms with Gasteiger partial charge >= 0.3 is 6.03 Å². The van der Waals surface area contributed by atoms with Gasteiger partial charge in [0.25, 0.3) is 0 Å². The number of nitrogen functional groups attached to an aromatic ring is 1. The van der Waals surface area contributed by atoms with Crippen LogP contribution in [0.5, 0.6) is 0 Å². The Hall–Kier alpha value is -2.49. The van der Waals surface area contributed by atoms with Crippen molar-refractivity contribution in [2.45, 2.75) is 39.2 Å². The van der Waals surface area contributed by atoms with Gasteiger partial charge in [-0.3, -0.25) is 14.7 Å². The minimum absolute atomic E-state index is 0.0590. The number of rotatable bonds is 12. The zero-order valence-electron chi connectivity index (χ0n) is 19.4. The summed E-state index contributed by atoms with van der Waals surface area (Å²) in [6.07, 6.45) is 4.80. The average molecular weight is 474 g/mol. The molecular formula is C24H35N5O3S. The van der Waals surface area contributed by atoms with Crippen LogP contribution in [0.25, 0.3) is 0 Å². The highest BCUT2D eigenvalue weighted by Gasteiger charge is 2.16. The second-order valence-corrected chi connectivity index (χ2v) is 9.06. The van der Waals surface area contributed by atoms with E-state index in [4.69, 9.17) is 10.5 Å². The van der Waals surface area contributed by atoms with E-state index >= 15 is 0 Å². The number of unbranched alkanes of at least 4 members (excludes halogenated alkanes) is 1. The van der Waals surface area contributed by atoms with E-state index in [0.717, 1.165) is 63.2 Å². The van der Waals surface area contributed by atoms with Crippen LogP contribution in [-0.2, 0) is 17.7 Å². The summed E-state index contributed by atoms with van der Waals surface area (Å²) in [4.78, 5) is 33.8. The number of thiophene rings is 1. The summed E-state index contributed by atoms with van der Waals surface area (Å²) in [5.41, 5.74) is 8.69. The fourth-order valence-corrected chi connectivity index (χ4v) is 4.45. The smallest absolute Gasteiger partial charge is 0.317 e. The predicted molar refractivity (Wildman–Crippen MR) is 132 cm³/mol. The summed E-state index contributed by atoms with van der Waals surface area (Å²) in [6.45, 7) is 8.43. The van der Waals surface area contributed by atoms with E-state index in [-0.39, 0.29) is 18.2 Å². The second kappa shape index (κ2) is 13.3. The lowest BCUT2D eigenvalue weighted by Gasteiger charge is -2.27. The summed E-state index contributed by atoms with van der Waals surface area (Å²) in [5.74, 6) is -0.0627. The van der Waals surface area contributed by atoms with E-state index in [1.165, 1.54) is 11.3 Å². The van der Waals surface area contributed by atoms with Gasteiger partial charge < -0.3 is 20.7 Å². The van der Waals surface area contributed by atoms with Crippen molar-refractivity contribution in [2.75, 3.05) is 51.7 Å². The zero-order chi connectivity index (χ0) is 23.5. The lowest BCUT2D eigenvalue weighted by atomic mass is 10.1. The summed E-state index contributed by atoms with van der Waals surface area (Å²) in [7, 11) is 0. The number of anilines is 1. The number of hydrogen-bond donors (Lipinski definition) is 2. The number of carbonyl (C=O) groups excluding carboxylic acids is 2. The Balaban J connectivity index is 1.53. The Kier molecular flexibility index (Phi) is 10.1. The number of urea groups is 1. The van der Waals surface area contributed by atoms with Gasteiger partial charge in [0.15, 0.2) is 5.78 Å². The van der Waals surface area contributed by atoms with Crippen molar-refractivity contribution in [3.63, 3.8) is 0 Å². The molecule has 1 aliphatic rings. The van der Waals surface area contributed by atoms with Crippen molar-refractivity contribution in [3.05, 3.63) is 45.9 Å². The van der Waals surface area contributed by atoms with Gasteiger partial charge in [-0.1, -0.05) is 13.0 Å². The standard InChI is InChI=1S/C24H35N5O3S/c1-2-7-26-24(31)29(9-4-3-8-28-10-12-32-13-11-28)16-19-5-6-22(27-15-19)23(30)14-20-17-33-18-21(20)25/h5-6,15,17-18H,2-4,7-14,16,25H2,1H3,(H,26,31). The van der Waals surface area contributed by atoms with E-state index in [0.29, 0.717) is 31.0 Å². The minimum Gasteiger partial charge on any atom is -0.398 e. The van der Waals surface area contributed by atoms with Crippen molar-refractivity contribution < 1.29 is 14.3 Å². The van der Waals surface area contributed by atoms with Crippen LogP contribution >= 0.6 is 11.3 Å². The third-order valence-corrected chi connectivity index (χ3v) is 6.49. The molecule has 180 valence electrons. The van der Waals surface area contributed by atoms with Crippen LogP contribution in [-0.4, -0.2) is 72.5 Å². The molecule has 2 aromatic heterocycles. The van der Waals surface area contributed by atoms with E-state index in [1.807, 2.05) is 28.7 Å². The number of carbonyl (C=O) groups is 2. The van der Waals surface area contributed by atoms with E-state index in [2.05, 4.69) is 15.2 Å². The van der Waals surface area contributed by atoms with Crippen molar-refractivity contribution >= 4 is 28.8 Å². The maximum Gasteiger partial charge on any atom is 0.317 e. The number of amides is 2. The van der Waals surface area contributed by atoms with Crippen molar-refractivity contribution in [1.82, 2.24) is 20.1 Å². The summed E-state index contributed by atoms with van der Waals surface area (Å²) in [5, 5.41) is 6.71. The van der Waals surface area contributed by atoms with E-state index in [1.54, 1.807) is 12.3 Å². The zero-order valence-corrected chi connectivity index (χ0v) is 20.2. The predicted octanol–water partition coefficient (Wildman–Crippen LogP) is 3.18. The van der Waals surface area contributed by atoms with Crippen LogP contribution in [0.15, 0.2) is 29.1 Å². The number of nitrogens with one attached hydrogen (secondary N) is 1. The van der Waals surface area contributed by atoms with Gasteiger partial charge in [0, 0.05) is 56.4 Å².